The molecule has 0 radical (unpaired) electrons. The largest absolute Gasteiger partial charge is 0.364 e. The first-order chi connectivity index (χ1) is 6.29. The highest BCUT2D eigenvalue weighted by atomic mass is 16.1. The van der Waals surface area contributed by atoms with Crippen LogP contribution in [0.2, 0.25) is 0 Å². The smallest absolute Gasteiger partial charge is 0.269 e. The minimum absolute atomic E-state index is 0.228. The van der Waals surface area contributed by atoms with Crippen molar-refractivity contribution in [1.29, 1.82) is 0 Å². The molecule has 0 aromatic carbocycles. The van der Waals surface area contributed by atoms with E-state index < -0.39 is 5.91 Å². The highest BCUT2D eigenvalue weighted by molar-refractivity contribution is 5.97. The Morgan fingerprint density at radius 3 is 2.69 bits per heavy atom. The van der Waals surface area contributed by atoms with Gasteiger partial charge < -0.3 is 5.73 Å². The molecular formula is C9H7N3O. The van der Waals surface area contributed by atoms with Gasteiger partial charge in [-0.05, 0) is 6.07 Å². The van der Waals surface area contributed by atoms with Crippen LogP contribution in [0, 0.1) is 0 Å². The third-order valence-electron chi connectivity index (χ3n) is 1.76. The fraction of sp³-hybridized carbons (Fsp3) is 0. The van der Waals surface area contributed by atoms with Gasteiger partial charge in [0.25, 0.3) is 5.91 Å². The minimum atomic E-state index is -0.547. The molecular weight excluding hydrogens is 166 g/mol. The number of aromatic nitrogens is 2. The molecule has 64 valence electrons. The lowest BCUT2D eigenvalue weighted by Gasteiger charge is -1.89. The second kappa shape index (κ2) is 2.82. The Labute approximate surface area is 74.7 Å². The summed E-state index contributed by atoms with van der Waals surface area (Å²) in [6.45, 7) is 0. The second-order valence-electron chi connectivity index (χ2n) is 2.62. The first-order valence-electron chi connectivity index (χ1n) is 3.80. The van der Waals surface area contributed by atoms with E-state index in [0.717, 1.165) is 0 Å². The van der Waals surface area contributed by atoms with Crippen LogP contribution in [-0.4, -0.2) is 16.1 Å². The van der Waals surface area contributed by atoms with E-state index in [9.17, 15) is 4.79 Å². The number of fused-ring (bicyclic) bond motifs is 1. The molecule has 1 aliphatic carbocycles. The van der Waals surface area contributed by atoms with Crippen LogP contribution in [-0.2, 0) is 0 Å². The van der Waals surface area contributed by atoms with Gasteiger partial charge in [-0.2, -0.15) is 0 Å². The normalized spacial score (nSPS) is 10.2. The molecule has 0 fully saturated rings. The number of primary amides is 1. The van der Waals surface area contributed by atoms with Crippen LogP contribution < -0.4 is 5.73 Å². The standard InChI is InChI=1S/C9H7N3O/c10-9(13)8-6-4-2-1-3-5-7(6)11-12-8/h1-5H,(H2,10,13). The lowest BCUT2D eigenvalue weighted by Crippen LogP contribution is -2.11. The van der Waals surface area contributed by atoms with Crippen molar-refractivity contribution in [1.82, 2.24) is 10.2 Å². The molecule has 0 saturated heterocycles. The monoisotopic (exact) mass is 173 g/mol. The van der Waals surface area contributed by atoms with E-state index in [4.69, 9.17) is 5.73 Å². The molecule has 13 heavy (non-hydrogen) atoms. The molecule has 0 atom stereocenters. The Bertz CT molecular complexity index is 427. The number of hydrogen-bond acceptors (Lipinski definition) is 3. The van der Waals surface area contributed by atoms with Crippen molar-refractivity contribution in [2.24, 2.45) is 5.73 Å². The Morgan fingerprint density at radius 2 is 1.92 bits per heavy atom. The number of hydrogen-bond donors (Lipinski definition) is 1. The minimum Gasteiger partial charge on any atom is -0.364 e. The Balaban J connectivity index is 2.68. The predicted molar refractivity (Wildman–Crippen MR) is 47.2 cm³/mol. The maximum Gasteiger partial charge on any atom is 0.269 e. The zero-order chi connectivity index (χ0) is 9.26. The van der Waals surface area contributed by atoms with Crippen molar-refractivity contribution in [2.75, 3.05) is 0 Å². The van der Waals surface area contributed by atoms with Crippen LogP contribution in [0.25, 0.3) is 11.3 Å². The molecule has 2 aliphatic rings. The summed E-state index contributed by atoms with van der Waals surface area (Å²) in [4.78, 5) is 10.9. The molecule has 0 bridgehead atoms. The molecule has 2 rings (SSSR count). The molecule has 0 unspecified atom stereocenters. The molecule has 0 aromatic heterocycles. The third kappa shape index (κ3) is 1.22. The molecule has 0 saturated carbocycles. The molecule has 1 aliphatic heterocycles. The number of rotatable bonds is 1. The summed E-state index contributed by atoms with van der Waals surface area (Å²) in [5.41, 5.74) is 6.72. The van der Waals surface area contributed by atoms with E-state index in [1.54, 1.807) is 12.1 Å². The molecule has 2 N–H and O–H groups in total. The van der Waals surface area contributed by atoms with Gasteiger partial charge in [-0.25, -0.2) is 0 Å². The van der Waals surface area contributed by atoms with E-state index in [1.807, 2.05) is 18.2 Å². The lowest BCUT2D eigenvalue weighted by molar-refractivity contribution is 0.0996. The van der Waals surface area contributed by atoms with Crippen LogP contribution >= 0.6 is 0 Å². The topological polar surface area (TPSA) is 68.9 Å². The molecule has 1 amide bonds. The van der Waals surface area contributed by atoms with Gasteiger partial charge in [-0.15, -0.1) is 10.2 Å². The highest BCUT2D eigenvalue weighted by Gasteiger charge is 2.15. The first kappa shape index (κ1) is 7.67. The number of carbonyl (C=O) groups excluding carboxylic acids is 1. The maximum atomic E-state index is 10.9. The maximum absolute atomic E-state index is 10.9. The predicted octanol–water partition coefficient (Wildman–Crippen LogP) is 0.680. The van der Waals surface area contributed by atoms with Crippen molar-refractivity contribution >= 4 is 5.91 Å². The van der Waals surface area contributed by atoms with E-state index in [2.05, 4.69) is 10.2 Å². The molecule has 0 aromatic rings. The third-order valence-corrected chi connectivity index (χ3v) is 1.76. The van der Waals surface area contributed by atoms with Crippen LogP contribution in [0.3, 0.4) is 0 Å². The van der Waals surface area contributed by atoms with Gasteiger partial charge in [0.1, 0.15) is 0 Å². The van der Waals surface area contributed by atoms with Gasteiger partial charge in [0.05, 0.1) is 5.69 Å². The summed E-state index contributed by atoms with van der Waals surface area (Å²) >= 11 is 0. The van der Waals surface area contributed by atoms with Gasteiger partial charge in [0, 0.05) is 5.56 Å². The Hall–Kier alpha value is -1.97. The highest BCUT2D eigenvalue weighted by Crippen LogP contribution is 2.20. The van der Waals surface area contributed by atoms with E-state index >= 15 is 0 Å². The van der Waals surface area contributed by atoms with Crippen LogP contribution in [0.15, 0.2) is 30.3 Å². The number of nitrogens with two attached hydrogens (primary N) is 1. The summed E-state index contributed by atoms with van der Waals surface area (Å²) in [7, 11) is 0. The SMILES string of the molecule is NC(=O)c1nnc2cccccc1-2. The average Bonchev–Trinajstić information content (AvgIpc) is 2.36. The van der Waals surface area contributed by atoms with Crippen molar-refractivity contribution in [3.63, 3.8) is 0 Å². The second-order valence-corrected chi connectivity index (χ2v) is 2.62. The van der Waals surface area contributed by atoms with Crippen molar-refractivity contribution in [3.05, 3.63) is 36.0 Å². The summed E-state index contributed by atoms with van der Waals surface area (Å²) in [6, 6.07) is 9.07. The fourth-order valence-electron chi connectivity index (χ4n) is 1.16. The van der Waals surface area contributed by atoms with E-state index in [-0.39, 0.29) is 5.69 Å². The molecule has 4 nitrogen and oxygen atoms in total. The van der Waals surface area contributed by atoms with Gasteiger partial charge in [0.2, 0.25) is 0 Å². The summed E-state index contributed by atoms with van der Waals surface area (Å²) < 4.78 is 0. The van der Waals surface area contributed by atoms with Crippen molar-refractivity contribution in [2.45, 2.75) is 0 Å². The molecule has 0 spiro atoms. The molecule has 4 heteroatoms. The average molecular weight is 173 g/mol. The molecule has 1 heterocycles. The summed E-state index contributed by atoms with van der Waals surface area (Å²) in [5.74, 6) is -0.547. The Morgan fingerprint density at radius 1 is 1.15 bits per heavy atom. The van der Waals surface area contributed by atoms with E-state index in [0.29, 0.717) is 11.3 Å². The number of amides is 1. The summed E-state index contributed by atoms with van der Waals surface area (Å²) in [5, 5.41) is 7.53. The van der Waals surface area contributed by atoms with E-state index in [1.165, 1.54) is 0 Å². The van der Waals surface area contributed by atoms with Gasteiger partial charge in [-0.3, -0.25) is 4.79 Å². The van der Waals surface area contributed by atoms with Crippen LogP contribution in [0.5, 0.6) is 0 Å². The lowest BCUT2D eigenvalue weighted by atomic mass is 10.2. The van der Waals surface area contributed by atoms with Gasteiger partial charge in [-0.1, -0.05) is 24.3 Å². The van der Waals surface area contributed by atoms with Crippen LogP contribution in [0.4, 0.5) is 0 Å². The number of carbonyl (C=O) groups is 1. The Kier molecular flexibility index (Phi) is 1.66. The van der Waals surface area contributed by atoms with Crippen LogP contribution in [0.1, 0.15) is 10.5 Å². The summed E-state index contributed by atoms with van der Waals surface area (Å²) in [6.07, 6.45) is 0. The zero-order valence-electron chi connectivity index (χ0n) is 6.77. The first-order valence-corrected chi connectivity index (χ1v) is 3.80. The van der Waals surface area contributed by atoms with Gasteiger partial charge in [0.15, 0.2) is 5.69 Å². The quantitative estimate of drug-likeness (QED) is 0.689. The number of nitrogens with zero attached hydrogens (tertiary/aromatic N) is 2. The van der Waals surface area contributed by atoms with Crippen molar-refractivity contribution < 1.29 is 4.79 Å². The van der Waals surface area contributed by atoms with Crippen molar-refractivity contribution in [3.8, 4) is 11.3 Å². The fourth-order valence-corrected chi connectivity index (χ4v) is 1.16. The zero-order valence-corrected chi connectivity index (χ0v) is 6.77. The van der Waals surface area contributed by atoms with Gasteiger partial charge >= 0.3 is 0 Å².